The number of hydrogen-bond donors (Lipinski definition) is 2. The van der Waals surface area contributed by atoms with Gasteiger partial charge < -0.3 is 5.32 Å². The van der Waals surface area contributed by atoms with Gasteiger partial charge in [-0.05, 0) is 18.6 Å². The number of nitrogens with one attached hydrogen (secondary N) is 2. The van der Waals surface area contributed by atoms with Crippen LogP contribution in [0.15, 0.2) is 16.3 Å². The molecule has 2 N–H and O–H groups in total. The Balaban J connectivity index is 1.83. The van der Waals surface area contributed by atoms with Crippen molar-refractivity contribution in [2.24, 2.45) is 0 Å². The lowest BCUT2D eigenvalue weighted by Crippen LogP contribution is -2.46. The highest BCUT2D eigenvalue weighted by Crippen LogP contribution is 2.21. The number of nitrogens with zero attached hydrogens (tertiary/aromatic N) is 1. The monoisotopic (exact) mass is 303 g/mol. The zero-order chi connectivity index (χ0) is 13.7. The van der Waals surface area contributed by atoms with Crippen molar-refractivity contribution in [2.75, 3.05) is 39.3 Å². The molecule has 0 spiro atoms. The minimum Gasteiger partial charge on any atom is -0.314 e. The van der Waals surface area contributed by atoms with E-state index in [1.54, 1.807) is 6.07 Å². The van der Waals surface area contributed by atoms with Gasteiger partial charge in [-0.25, -0.2) is 13.1 Å². The van der Waals surface area contributed by atoms with Gasteiger partial charge in [0.25, 0.3) is 0 Å². The normalized spacial score (nSPS) is 17.7. The number of aryl methyl sites for hydroxylation is 1. The molecule has 2 heterocycles. The molecule has 0 aromatic carbocycles. The molecular weight excluding hydrogens is 282 g/mol. The highest BCUT2D eigenvalue weighted by Gasteiger charge is 2.17. The second kappa shape index (κ2) is 6.81. The van der Waals surface area contributed by atoms with Gasteiger partial charge in [0.1, 0.15) is 4.21 Å². The van der Waals surface area contributed by atoms with Gasteiger partial charge in [0.2, 0.25) is 10.0 Å². The maximum Gasteiger partial charge on any atom is 0.250 e. The second-order valence-corrected chi connectivity index (χ2v) is 7.73. The molecule has 1 aromatic heterocycles. The Labute approximate surface area is 119 Å². The van der Waals surface area contributed by atoms with Crippen molar-refractivity contribution < 1.29 is 8.42 Å². The van der Waals surface area contributed by atoms with Crippen LogP contribution in [0.25, 0.3) is 0 Å². The van der Waals surface area contributed by atoms with E-state index in [0.29, 0.717) is 10.8 Å². The molecule has 0 aliphatic carbocycles. The zero-order valence-corrected chi connectivity index (χ0v) is 12.8. The molecule has 0 atom stereocenters. The molecule has 1 aromatic rings. The fraction of sp³-hybridized carbons (Fsp3) is 0.667. The van der Waals surface area contributed by atoms with Crippen molar-refractivity contribution in [3.63, 3.8) is 0 Å². The summed E-state index contributed by atoms with van der Waals surface area (Å²) in [5.74, 6) is 0. The van der Waals surface area contributed by atoms with E-state index in [2.05, 4.69) is 14.9 Å². The number of piperazine rings is 1. The molecule has 108 valence electrons. The highest BCUT2D eigenvalue weighted by atomic mass is 32.2. The van der Waals surface area contributed by atoms with Crippen molar-refractivity contribution in [2.45, 2.75) is 17.6 Å². The molecule has 0 unspecified atom stereocenters. The van der Waals surface area contributed by atoms with E-state index in [0.717, 1.165) is 44.0 Å². The first-order chi connectivity index (χ1) is 9.12. The first-order valence-electron chi connectivity index (χ1n) is 6.63. The Morgan fingerprint density at radius 2 is 2.11 bits per heavy atom. The van der Waals surface area contributed by atoms with Crippen LogP contribution in [-0.4, -0.2) is 52.6 Å². The van der Waals surface area contributed by atoms with Gasteiger partial charge in [0, 0.05) is 44.1 Å². The van der Waals surface area contributed by atoms with Crippen molar-refractivity contribution in [1.82, 2.24) is 14.9 Å². The van der Waals surface area contributed by atoms with Crippen LogP contribution in [0.1, 0.15) is 11.8 Å². The van der Waals surface area contributed by atoms with E-state index >= 15 is 0 Å². The van der Waals surface area contributed by atoms with Crippen LogP contribution in [0.4, 0.5) is 0 Å². The van der Waals surface area contributed by atoms with E-state index in [1.165, 1.54) is 11.3 Å². The molecule has 1 aliphatic heterocycles. The summed E-state index contributed by atoms with van der Waals surface area (Å²) in [6.45, 7) is 7.21. The van der Waals surface area contributed by atoms with Crippen LogP contribution < -0.4 is 10.0 Å². The van der Waals surface area contributed by atoms with Crippen LogP contribution in [0.5, 0.6) is 0 Å². The average Bonchev–Trinajstić information content (AvgIpc) is 2.89. The molecule has 1 aliphatic rings. The summed E-state index contributed by atoms with van der Waals surface area (Å²) in [4.78, 5) is 3.37. The molecule has 0 saturated carbocycles. The Hall–Kier alpha value is -0.470. The summed E-state index contributed by atoms with van der Waals surface area (Å²) < 4.78 is 27.2. The Morgan fingerprint density at radius 3 is 2.74 bits per heavy atom. The summed E-state index contributed by atoms with van der Waals surface area (Å²) in [6.07, 6.45) is 0.876. The number of sulfonamides is 1. The van der Waals surface area contributed by atoms with Crippen LogP contribution in [0.2, 0.25) is 0 Å². The smallest absolute Gasteiger partial charge is 0.250 e. The van der Waals surface area contributed by atoms with Crippen LogP contribution in [0.3, 0.4) is 0 Å². The number of rotatable bonds is 6. The van der Waals surface area contributed by atoms with Crippen molar-refractivity contribution >= 4 is 21.4 Å². The SMILES string of the molecule is CCc1ccc(S(=O)(=O)NCCN2CCNCC2)s1. The lowest BCUT2D eigenvalue weighted by molar-refractivity contribution is 0.245. The molecule has 1 saturated heterocycles. The van der Waals surface area contributed by atoms with E-state index < -0.39 is 10.0 Å². The third-order valence-electron chi connectivity index (χ3n) is 3.18. The van der Waals surface area contributed by atoms with Crippen LogP contribution in [0, 0.1) is 0 Å². The van der Waals surface area contributed by atoms with Crippen LogP contribution >= 0.6 is 11.3 Å². The molecule has 19 heavy (non-hydrogen) atoms. The molecule has 5 nitrogen and oxygen atoms in total. The summed E-state index contributed by atoms with van der Waals surface area (Å²) in [5.41, 5.74) is 0. The quantitative estimate of drug-likeness (QED) is 0.803. The van der Waals surface area contributed by atoms with Crippen molar-refractivity contribution in [3.05, 3.63) is 17.0 Å². The zero-order valence-electron chi connectivity index (χ0n) is 11.2. The third kappa shape index (κ3) is 4.25. The maximum absolute atomic E-state index is 12.1. The van der Waals surface area contributed by atoms with Gasteiger partial charge in [0.15, 0.2) is 0 Å². The molecule has 0 radical (unpaired) electrons. The molecule has 1 fully saturated rings. The van der Waals surface area contributed by atoms with Gasteiger partial charge in [-0.1, -0.05) is 6.92 Å². The summed E-state index contributed by atoms with van der Waals surface area (Å²) in [5, 5.41) is 3.28. The fourth-order valence-corrected chi connectivity index (χ4v) is 4.40. The maximum atomic E-state index is 12.1. The largest absolute Gasteiger partial charge is 0.314 e. The molecule has 0 amide bonds. The van der Waals surface area contributed by atoms with Gasteiger partial charge in [-0.2, -0.15) is 0 Å². The topological polar surface area (TPSA) is 61.4 Å². The van der Waals surface area contributed by atoms with Crippen molar-refractivity contribution in [1.29, 1.82) is 0 Å². The Morgan fingerprint density at radius 1 is 1.37 bits per heavy atom. The standard InChI is InChI=1S/C12H21N3O2S2/c1-2-11-3-4-12(18-11)19(16,17)14-7-10-15-8-5-13-6-9-15/h3-4,13-14H,2,5-10H2,1H3. The average molecular weight is 303 g/mol. The van der Waals surface area contributed by atoms with E-state index in [1.807, 2.05) is 13.0 Å². The Bertz CT molecular complexity index is 493. The lowest BCUT2D eigenvalue weighted by atomic mass is 10.3. The predicted octanol–water partition coefficient (Wildman–Crippen LogP) is 0.494. The van der Waals surface area contributed by atoms with Gasteiger partial charge >= 0.3 is 0 Å². The van der Waals surface area contributed by atoms with E-state index in [4.69, 9.17) is 0 Å². The van der Waals surface area contributed by atoms with Crippen molar-refractivity contribution in [3.8, 4) is 0 Å². The van der Waals surface area contributed by atoms with Gasteiger partial charge in [-0.3, -0.25) is 4.90 Å². The summed E-state index contributed by atoms with van der Waals surface area (Å²) >= 11 is 1.35. The minimum atomic E-state index is -3.32. The fourth-order valence-electron chi connectivity index (χ4n) is 2.04. The lowest BCUT2D eigenvalue weighted by Gasteiger charge is -2.26. The van der Waals surface area contributed by atoms with E-state index in [-0.39, 0.29) is 0 Å². The highest BCUT2D eigenvalue weighted by molar-refractivity contribution is 7.91. The predicted molar refractivity (Wildman–Crippen MR) is 78.2 cm³/mol. The first kappa shape index (κ1) is 14.9. The molecule has 7 heteroatoms. The summed E-state index contributed by atoms with van der Waals surface area (Å²) in [6, 6.07) is 3.58. The first-order valence-corrected chi connectivity index (χ1v) is 8.93. The Kier molecular flexibility index (Phi) is 5.35. The number of hydrogen-bond acceptors (Lipinski definition) is 5. The third-order valence-corrected chi connectivity index (χ3v) is 6.36. The minimum absolute atomic E-state index is 0.421. The molecular formula is C12H21N3O2S2. The summed E-state index contributed by atoms with van der Waals surface area (Å²) in [7, 11) is -3.32. The van der Waals surface area contributed by atoms with E-state index in [9.17, 15) is 8.42 Å². The second-order valence-electron chi connectivity index (χ2n) is 4.56. The molecule has 0 bridgehead atoms. The van der Waals surface area contributed by atoms with Gasteiger partial charge in [-0.15, -0.1) is 11.3 Å². The van der Waals surface area contributed by atoms with Gasteiger partial charge in [0.05, 0.1) is 0 Å². The number of thiophene rings is 1. The molecule has 2 rings (SSSR count). The van der Waals surface area contributed by atoms with Crippen LogP contribution in [-0.2, 0) is 16.4 Å².